The number of nitrogens with zero attached hydrogens (tertiary/aromatic N) is 7. The van der Waals surface area contributed by atoms with Crippen LogP contribution in [0.3, 0.4) is 0 Å². The molecule has 8 nitrogen and oxygen atoms in total. The van der Waals surface area contributed by atoms with Gasteiger partial charge in [0.1, 0.15) is 6.54 Å². The number of rotatable bonds is 6. The van der Waals surface area contributed by atoms with Crippen LogP contribution in [0.25, 0.3) is 28.0 Å². The number of alkyl halides is 6. The largest absolute Gasteiger partial charge is 0.416 e. The minimum Gasteiger partial charge on any atom is -0.366 e. The Bertz CT molecular complexity index is 1580. The van der Waals surface area contributed by atoms with E-state index < -0.39 is 24.5 Å². The summed E-state index contributed by atoms with van der Waals surface area (Å²) in [5, 5.41) is 12.4. The fourth-order valence-electron chi connectivity index (χ4n) is 4.27. The zero-order valence-corrected chi connectivity index (χ0v) is 19.7. The average molecular weight is 534 g/mol. The second-order valence-electron chi connectivity index (χ2n) is 8.66. The van der Waals surface area contributed by atoms with E-state index in [1.807, 2.05) is 6.92 Å². The molecule has 2 N–H and O–H groups in total. The molecule has 4 heterocycles. The average Bonchev–Trinajstić information content (AvgIpc) is 3.57. The number of halogens is 6. The molecule has 1 atom stereocenters. The van der Waals surface area contributed by atoms with Gasteiger partial charge in [0.25, 0.3) is 0 Å². The van der Waals surface area contributed by atoms with Gasteiger partial charge in [0.15, 0.2) is 5.65 Å². The molecule has 0 bridgehead atoms. The van der Waals surface area contributed by atoms with Crippen LogP contribution in [0.5, 0.6) is 0 Å². The van der Waals surface area contributed by atoms with E-state index in [0.717, 1.165) is 16.8 Å². The Balaban J connectivity index is 1.51. The van der Waals surface area contributed by atoms with Gasteiger partial charge in [0, 0.05) is 23.5 Å². The van der Waals surface area contributed by atoms with Crippen LogP contribution < -0.4 is 5.73 Å². The molecule has 14 heteroatoms. The lowest BCUT2D eigenvalue weighted by molar-refractivity contribution is -0.142. The molecular weight excluding hydrogens is 514 g/mol. The standard InChI is InChI=1S/C24H20F6N8/c1-2-19(14-3-5-18(6-4-14)24(28,29)30)37-12-16(9-33-37)15-7-20(38-21(8-15)34-22(31)35-38)17-10-32-36(11-17)13-23(25,26)27/h3-12,19H,2,13H2,1H3,(H2,31,35). The maximum Gasteiger partial charge on any atom is 0.416 e. The van der Waals surface area contributed by atoms with Crippen LogP contribution in [-0.2, 0) is 12.7 Å². The smallest absolute Gasteiger partial charge is 0.366 e. The van der Waals surface area contributed by atoms with Crippen molar-refractivity contribution in [2.75, 3.05) is 5.73 Å². The number of nitrogens with two attached hydrogens (primary N) is 1. The quantitative estimate of drug-likeness (QED) is 0.286. The first-order chi connectivity index (χ1) is 17.9. The fourth-order valence-corrected chi connectivity index (χ4v) is 4.27. The van der Waals surface area contributed by atoms with Crippen LogP contribution in [0.1, 0.15) is 30.5 Å². The van der Waals surface area contributed by atoms with Crippen LogP contribution in [-0.4, -0.2) is 40.3 Å². The van der Waals surface area contributed by atoms with E-state index in [1.54, 1.807) is 29.2 Å². The van der Waals surface area contributed by atoms with Gasteiger partial charge in [-0.1, -0.05) is 19.1 Å². The van der Waals surface area contributed by atoms with Crippen molar-refractivity contribution < 1.29 is 26.3 Å². The van der Waals surface area contributed by atoms with Crippen molar-refractivity contribution >= 4 is 11.6 Å². The van der Waals surface area contributed by atoms with E-state index in [-0.39, 0.29) is 12.0 Å². The van der Waals surface area contributed by atoms with Gasteiger partial charge in [-0.25, -0.2) is 4.52 Å². The van der Waals surface area contributed by atoms with E-state index in [0.29, 0.717) is 40.0 Å². The first kappa shape index (κ1) is 25.3. The summed E-state index contributed by atoms with van der Waals surface area (Å²) in [5.41, 5.74) is 8.15. The van der Waals surface area contributed by atoms with Gasteiger partial charge in [0.05, 0.1) is 29.7 Å². The Labute approximate surface area is 211 Å². The second-order valence-corrected chi connectivity index (χ2v) is 8.66. The van der Waals surface area contributed by atoms with E-state index >= 15 is 0 Å². The van der Waals surface area contributed by atoms with Gasteiger partial charge in [-0.05, 0) is 41.8 Å². The van der Waals surface area contributed by atoms with E-state index in [2.05, 4.69) is 20.3 Å². The van der Waals surface area contributed by atoms with Crippen LogP contribution >= 0.6 is 0 Å². The zero-order chi connectivity index (χ0) is 27.2. The Morgan fingerprint density at radius 3 is 2.26 bits per heavy atom. The maximum atomic E-state index is 13.0. The van der Waals surface area contributed by atoms with E-state index in [9.17, 15) is 26.3 Å². The molecule has 1 aromatic carbocycles. The van der Waals surface area contributed by atoms with Crippen LogP contribution in [0.2, 0.25) is 0 Å². The van der Waals surface area contributed by atoms with Gasteiger partial charge < -0.3 is 5.73 Å². The van der Waals surface area contributed by atoms with Crippen molar-refractivity contribution in [1.29, 1.82) is 0 Å². The molecule has 38 heavy (non-hydrogen) atoms. The number of fused-ring (bicyclic) bond motifs is 1. The molecule has 0 aliphatic heterocycles. The highest BCUT2D eigenvalue weighted by Gasteiger charge is 2.30. The van der Waals surface area contributed by atoms with Crippen molar-refractivity contribution in [3.8, 4) is 22.4 Å². The summed E-state index contributed by atoms with van der Waals surface area (Å²) in [6.07, 6.45) is -2.41. The minimum absolute atomic E-state index is 0.0184. The monoisotopic (exact) mass is 534 g/mol. The number of aromatic nitrogens is 7. The Morgan fingerprint density at radius 2 is 1.61 bits per heavy atom. The highest BCUT2D eigenvalue weighted by molar-refractivity contribution is 5.74. The molecule has 0 spiro atoms. The zero-order valence-electron chi connectivity index (χ0n) is 19.7. The maximum absolute atomic E-state index is 13.0. The molecule has 0 radical (unpaired) electrons. The lowest BCUT2D eigenvalue weighted by atomic mass is 10.0. The molecule has 0 amide bonds. The predicted octanol–water partition coefficient (Wildman–Crippen LogP) is 5.62. The summed E-state index contributed by atoms with van der Waals surface area (Å²) in [4.78, 5) is 4.19. The number of hydrogen-bond donors (Lipinski definition) is 1. The number of benzene rings is 1. The number of hydrogen-bond acceptors (Lipinski definition) is 5. The number of anilines is 1. The number of pyridine rings is 1. The van der Waals surface area contributed by atoms with E-state index in [4.69, 9.17) is 5.73 Å². The van der Waals surface area contributed by atoms with Crippen molar-refractivity contribution in [3.63, 3.8) is 0 Å². The van der Waals surface area contributed by atoms with Crippen molar-refractivity contribution in [3.05, 3.63) is 72.3 Å². The summed E-state index contributed by atoms with van der Waals surface area (Å²) in [7, 11) is 0. The highest BCUT2D eigenvalue weighted by Crippen LogP contribution is 2.33. The first-order valence-electron chi connectivity index (χ1n) is 11.4. The minimum atomic E-state index is -4.43. The summed E-state index contributed by atoms with van der Waals surface area (Å²) in [5.74, 6) is -0.0184. The van der Waals surface area contributed by atoms with Gasteiger partial charge in [0.2, 0.25) is 5.95 Å². The molecule has 0 saturated heterocycles. The molecule has 5 aromatic rings. The summed E-state index contributed by atoms with van der Waals surface area (Å²) < 4.78 is 81.2. The SMILES string of the molecule is CCC(c1ccc(C(F)(F)F)cc1)n1cc(-c2cc(-c3cnn(CC(F)(F)F)c3)n3nc(N)nc3c2)cn1. The Morgan fingerprint density at radius 1 is 0.895 bits per heavy atom. The molecule has 4 aromatic heterocycles. The molecular formula is C24H20F6N8. The van der Waals surface area contributed by atoms with Crippen molar-refractivity contribution in [2.45, 2.75) is 38.3 Å². The lowest BCUT2D eigenvalue weighted by Gasteiger charge is -2.17. The summed E-state index contributed by atoms with van der Waals surface area (Å²) in [6.45, 7) is 0.649. The molecule has 0 aliphatic carbocycles. The van der Waals surface area contributed by atoms with E-state index in [1.165, 1.54) is 29.0 Å². The second kappa shape index (κ2) is 9.19. The topological polar surface area (TPSA) is 91.8 Å². The molecule has 0 fully saturated rings. The molecule has 0 aliphatic rings. The lowest BCUT2D eigenvalue weighted by Crippen LogP contribution is -2.17. The van der Waals surface area contributed by atoms with Crippen molar-refractivity contribution in [2.24, 2.45) is 0 Å². The normalized spacial score (nSPS) is 13.3. The summed E-state index contributed by atoms with van der Waals surface area (Å²) in [6, 6.07) is 8.03. The summed E-state index contributed by atoms with van der Waals surface area (Å²) >= 11 is 0. The highest BCUT2D eigenvalue weighted by atomic mass is 19.4. The molecule has 0 saturated carbocycles. The van der Waals surface area contributed by atoms with Gasteiger partial charge in [-0.3, -0.25) is 9.36 Å². The molecule has 198 valence electrons. The Kier molecular flexibility index (Phi) is 6.12. The number of nitrogen functional groups attached to an aromatic ring is 1. The van der Waals surface area contributed by atoms with Gasteiger partial charge in [-0.2, -0.15) is 41.5 Å². The molecule has 5 rings (SSSR count). The molecule has 1 unspecified atom stereocenters. The first-order valence-corrected chi connectivity index (χ1v) is 11.4. The fraction of sp³-hybridized carbons (Fsp3) is 0.250. The predicted molar refractivity (Wildman–Crippen MR) is 126 cm³/mol. The third kappa shape index (κ3) is 5.06. The third-order valence-electron chi connectivity index (χ3n) is 5.99. The van der Waals surface area contributed by atoms with Crippen LogP contribution in [0.4, 0.5) is 32.3 Å². The van der Waals surface area contributed by atoms with Crippen molar-refractivity contribution in [1.82, 2.24) is 34.2 Å². The van der Waals surface area contributed by atoms with Gasteiger partial charge >= 0.3 is 12.4 Å². The third-order valence-corrected chi connectivity index (χ3v) is 5.99. The van der Waals surface area contributed by atoms with Crippen LogP contribution in [0, 0.1) is 0 Å². The van der Waals surface area contributed by atoms with Gasteiger partial charge in [-0.15, -0.1) is 5.10 Å². The Hall–Kier alpha value is -4.36. The van der Waals surface area contributed by atoms with Crippen LogP contribution in [0.15, 0.2) is 61.2 Å².